The molecule has 1 amide bonds. The Bertz CT molecular complexity index is 600. The first-order valence-electron chi connectivity index (χ1n) is 6.34. The van der Waals surface area contributed by atoms with E-state index >= 15 is 0 Å². The van der Waals surface area contributed by atoms with Crippen LogP contribution in [0.4, 0.5) is 22.0 Å². The minimum absolute atomic E-state index is 0.0301. The van der Waals surface area contributed by atoms with Crippen LogP contribution in [0.15, 0.2) is 24.3 Å². The quantitative estimate of drug-likeness (QED) is 0.612. The maximum atomic E-state index is 13.1. The molecular formula is C14H14F5NO3. The fourth-order valence-corrected chi connectivity index (χ4v) is 1.77. The first-order valence-corrected chi connectivity index (χ1v) is 6.34. The molecule has 23 heavy (non-hydrogen) atoms. The number of methoxy groups -OCH3 is 1. The number of likely N-dealkylation sites (N-methyl/N-ethyl adjacent to an activating group) is 1. The second-order valence-electron chi connectivity index (χ2n) is 4.73. The van der Waals surface area contributed by atoms with Crippen molar-refractivity contribution < 1.29 is 36.3 Å². The number of benzene rings is 1. The van der Waals surface area contributed by atoms with Gasteiger partial charge in [0.2, 0.25) is 0 Å². The highest BCUT2D eigenvalue weighted by atomic mass is 19.4. The number of hydrogen-bond acceptors (Lipinski definition) is 3. The van der Waals surface area contributed by atoms with Crippen molar-refractivity contribution in [2.45, 2.75) is 25.1 Å². The molecule has 0 N–H and O–H groups in total. The number of amides is 1. The van der Waals surface area contributed by atoms with Gasteiger partial charge in [0.05, 0.1) is 18.7 Å². The number of halogens is 5. The lowest BCUT2D eigenvalue weighted by Gasteiger charge is -2.29. The van der Waals surface area contributed by atoms with Crippen LogP contribution in [0.1, 0.15) is 17.3 Å². The van der Waals surface area contributed by atoms with Gasteiger partial charge in [-0.2, -0.15) is 22.0 Å². The summed E-state index contributed by atoms with van der Waals surface area (Å²) in [6, 6.07) is 4.22. The number of carbonyl (C=O) groups excluding carboxylic acids is 2. The van der Waals surface area contributed by atoms with E-state index in [9.17, 15) is 31.5 Å². The lowest BCUT2D eigenvalue weighted by atomic mass is 10.0. The van der Waals surface area contributed by atoms with Gasteiger partial charge in [-0.15, -0.1) is 0 Å². The molecule has 0 saturated heterocycles. The van der Waals surface area contributed by atoms with E-state index in [1.165, 1.54) is 25.3 Å². The number of para-hydroxylation sites is 1. The minimum atomic E-state index is -6.04. The van der Waals surface area contributed by atoms with E-state index in [1.54, 1.807) is 6.07 Å². The SMILES string of the molecule is COc1ccccc1C(=O)C(C)N(C)C(=O)C(F)(F)C(F)(F)F. The number of carbonyl (C=O) groups is 2. The van der Waals surface area contributed by atoms with E-state index in [2.05, 4.69) is 0 Å². The zero-order valence-electron chi connectivity index (χ0n) is 12.4. The van der Waals surface area contributed by atoms with Gasteiger partial charge in [-0.05, 0) is 19.1 Å². The van der Waals surface area contributed by atoms with Gasteiger partial charge in [0.15, 0.2) is 5.78 Å². The van der Waals surface area contributed by atoms with Crippen molar-refractivity contribution in [3.8, 4) is 5.75 Å². The maximum Gasteiger partial charge on any atom is 0.463 e. The smallest absolute Gasteiger partial charge is 0.463 e. The van der Waals surface area contributed by atoms with Gasteiger partial charge in [0, 0.05) is 7.05 Å². The lowest BCUT2D eigenvalue weighted by Crippen LogP contribution is -2.54. The average Bonchev–Trinajstić information content (AvgIpc) is 2.50. The predicted octanol–water partition coefficient (Wildman–Crippen LogP) is 2.92. The van der Waals surface area contributed by atoms with Crippen LogP contribution in [-0.4, -0.2) is 48.9 Å². The van der Waals surface area contributed by atoms with Gasteiger partial charge in [-0.3, -0.25) is 9.59 Å². The highest BCUT2D eigenvalue weighted by Gasteiger charge is 2.64. The van der Waals surface area contributed by atoms with E-state index in [1.807, 2.05) is 0 Å². The Labute approximate surface area is 128 Å². The maximum absolute atomic E-state index is 13.1. The van der Waals surface area contributed by atoms with Gasteiger partial charge in [-0.25, -0.2) is 0 Å². The van der Waals surface area contributed by atoms with Crippen LogP contribution in [0, 0.1) is 0 Å². The summed E-state index contributed by atoms with van der Waals surface area (Å²) in [5.74, 6) is -8.78. The Morgan fingerprint density at radius 2 is 1.65 bits per heavy atom. The summed E-state index contributed by atoms with van der Waals surface area (Å²) < 4.78 is 67.9. The van der Waals surface area contributed by atoms with Crippen LogP contribution in [0.2, 0.25) is 0 Å². The summed E-state index contributed by atoms with van der Waals surface area (Å²) in [7, 11) is 1.98. The van der Waals surface area contributed by atoms with E-state index in [0.717, 1.165) is 6.92 Å². The molecule has 0 spiro atoms. The molecule has 0 fully saturated rings. The molecular weight excluding hydrogens is 325 g/mol. The molecule has 0 aliphatic carbocycles. The molecule has 1 rings (SSSR count). The molecule has 9 heteroatoms. The Balaban J connectivity index is 3.07. The molecule has 4 nitrogen and oxygen atoms in total. The van der Waals surface area contributed by atoms with Crippen molar-refractivity contribution in [1.82, 2.24) is 4.90 Å². The van der Waals surface area contributed by atoms with E-state index < -0.39 is 29.8 Å². The highest BCUT2D eigenvalue weighted by Crippen LogP contribution is 2.37. The van der Waals surface area contributed by atoms with Crippen LogP contribution in [0.3, 0.4) is 0 Å². The van der Waals surface area contributed by atoms with Gasteiger partial charge in [0.25, 0.3) is 0 Å². The standard InChI is InChI=1S/C14H14F5NO3/c1-8(11(21)9-6-4-5-7-10(9)23-3)20(2)12(22)13(15,16)14(17,18)19/h4-8H,1-3H3. The highest BCUT2D eigenvalue weighted by molar-refractivity contribution is 6.04. The zero-order chi connectivity index (χ0) is 18.0. The van der Waals surface area contributed by atoms with E-state index in [4.69, 9.17) is 4.74 Å². The van der Waals surface area contributed by atoms with Gasteiger partial charge in [0.1, 0.15) is 5.75 Å². The molecule has 0 heterocycles. The summed E-state index contributed by atoms with van der Waals surface area (Å²) in [4.78, 5) is 23.7. The predicted molar refractivity (Wildman–Crippen MR) is 70.6 cm³/mol. The van der Waals surface area contributed by atoms with E-state index in [0.29, 0.717) is 7.05 Å². The van der Waals surface area contributed by atoms with Crippen molar-refractivity contribution in [3.63, 3.8) is 0 Å². The Kier molecular flexibility index (Phi) is 5.34. The number of rotatable bonds is 5. The number of hydrogen-bond donors (Lipinski definition) is 0. The molecule has 128 valence electrons. The Morgan fingerprint density at radius 1 is 1.13 bits per heavy atom. The monoisotopic (exact) mass is 339 g/mol. The minimum Gasteiger partial charge on any atom is -0.496 e. The zero-order valence-corrected chi connectivity index (χ0v) is 12.4. The number of ketones is 1. The van der Waals surface area contributed by atoms with Gasteiger partial charge < -0.3 is 9.64 Å². The van der Waals surface area contributed by atoms with Crippen molar-refractivity contribution in [3.05, 3.63) is 29.8 Å². The third-order valence-electron chi connectivity index (χ3n) is 3.28. The first-order chi connectivity index (χ1) is 10.4. The van der Waals surface area contributed by atoms with Crippen LogP contribution in [0.25, 0.3) is 0 Å². The first kappa shape index (κ1) is 18.9. The summed E-state index contributed by atoms with van der Waals surface area (Å²) >= 11 is 0. The molecule has 1 aromatic rings. The molecule has 1 atom stereocenters. The second-order valence-corrected chi connectivity index (χ2v) is 4.73. The Hall–Kier alpha value is -2.19. The van der Waals surface area contributed by atoms with Crippen molar-refractivity contribution >= 4 is 11.7 Å². The normalized spacial score (nSPS) is 13.4. The molecule has 0 aliphatic heterocycles. The second kappa shape index (κ2) is 6.51. The summed E-state index contributed by atoms with van der Waals surface area (Å²) in [5, 5.41) is 0. The Morgan fingerprint density at radius 3 is 2.13 bits per heavy atom. The van der Waals surface area contributed by atoms with Crippen LogP contribution in [-0.2, 0) is 4.79 Å². The molecule has 0 saturated carbocycles. The van der Waals surface area contributed by atoms with E-state index in [-0.39, 0.29) is 16.2 Å². The van der Waals surface area contributed by atoms with Crippen LogP contribution in [0.5, 0.6) is 5.75 Å². The molecule has 1 unspecified atom stereocenters. The fourth-order valence-electron chi connectivity index (χ4n) is 1.77. The third-order valence-corrected chi connectivity index (χ3v) is 3.28. The van der Waals surface area contributed by atoms with Gasteiger partial charge in [-0.1, -0.05) is 12.1 Å². The molecule has 0 aliphatic rings. The lowest BCUT2D eigenvalue weighted by molar-refractivity contribution is -0.274. The molecule has 0 bridgehead atoms. The number of Topliss-reactive ketones (excluding diaryl/α,β-unsaturated/α-hetero) is 1. The van der Waals surface area contributed by atoms with Crippen molar-refractivity contribution in [1.29, 1.82) is 0 Å². The number of ether oxygens (including phenoxy) is 1. The van der Waals surface area contributed by atoms with Crippen molar-refractivity contribution in [2.24, 2.45) is 0 Å². The molecule has 1 aromatic carbocycles. The van der Waals surface area contributed by atoms with Gasteiger partial charge >= 0.3 is 18.0 Å². The van der Waals surface area contributed by atoms with Crippen LogP contribution < -0.4 is 4.74 Å². The van der Waals surface area contributed by atoms with Crippen LogP contribution >= 0.6 is 0 Å². The van der Waals surface area contributed by atoms with Crippen molar-refractivity contribution in [2.75, 3.05) is 14.2 Å². The summed E-state index contributed by atoms with van der Waals surface area (Å²) in [6.07, 6.45) is -6.04. The summed E-state index contributed by atoms with van der Waals surface area (Å²) in [5.41, 5.74) is -0.0301. The third kappa shape index (κ3) is 3.59. The number of alkyl halides is 5. The number of nitrogens with zero attached hydrogens (tertiary/aromatic N) is 1. The fraction of sp³-hybridized carbons (Fsp3) is 0.429. The summed E-state index contributed by atoms with van der Waals surface area (Å²) in [6.45, 7) is 1.05. The average molecular weight is 339 g/mol. The molecule has 0 aromatic heterocycles. The topological polar surface area (TPSA) is 46.6 Å². The largest absolute Gasteiger partial charge is 0.496 e. The molecule has 0 radical (unpaired) electrons.